The van der Waals surface area contributed by atoms with E-state index in [0.717, 1.165) is 25.3 Å². The van der Waals surface area contributed by atoms with Gasteiger partial charge < -0.3 is 14.5 Å². The molecular formula is C8H11NO2. The molecule has 0 amide bonds. The summed E-state index contributed by atoms with van der Waals surface area (Å²) in [5.41, 5.74) is 1.12. The lowest BCUT2D eigenvalue weighted by Gasteiger charge is -2.22. The molecule has 2 rings (SSSR count). The van der Waals surface area contributed by atoms with Gasteiger partial charge in [-0.25, -0.2) is 0 Å². The first-order valence-electron chi connectivity index (χ1n) is 3.81. The summed E-state index contributed by atoms with van der Waals surface area (Å²) in [5.74, 6) is 0. The summed E-state index contributed by atoms with van der Waals surface area (Å²) in [6, 6.07) is 1.94. The van der Waals surface area contributed by atoms with Crippen LogP contribution >= 0.6 is 0 Å². The van der Waals surface area contributed by atoms with Gasteiger partial charge >= 0.3 is 0 Å². The highest BCUT2D eigenvalue weighted by atomic mass is 16.5. The van der Waals surface area contributed by atoms with Crippen LogP contribution in [0, 0.1) is 0 Å². The van der Waals surface area contributed by atoms with Gasteiger partial charge in [-0.3, -0.25) is 0 Å². The van der Waals surface area contributed by atoms with Gasteiger partial charge in [-0.1, -0.05) is 0 Å². The highest BCUT2D eigenvalue weighted by Gasteiger charge is 2.15. The third-order valence-electron chi connectivity index (χ3n) is 1.84. The lowest BCUT2D eigenvalue weighted by molar-refractivity contribution is 0.0273. The molecule has 0 saturated carbocycles. The third kappa shape index (κ3) is 1.44. The fourth-order valence-electron chi connectivity index (χ4n) is 1.24. The molecule has 3 heteroatoms. The Kier molecular flexibility index (Phi) is 1.92. The molecule has 2 heterocycles. The zero-order valence-electron chi connectivity index (χ0n) is 6.25. The van der Waals surface area contributed by atoms with Gasteiger partial charge in [-0.15, -0.1) is 0 Å². The second-order valence-corrected chi connectivity index (χ2v) is 2.62. The SMILES string of the molecule is c1cc([C@@H]2CNCCO2)co1. The van der Waals surface area contributed by atoms with E-state index >= 15 is 0 Å². The van der Waals surface area contributed by atoms with Gasteiger partial charge in [0.2, 0.25) is 0 Å². The van der Waals surface area contributed by atoms with Gasteiger partial charge in [0.1, 0.15) is 0 Å². The maximum atomic E-state index is 5.50. The summed E-state index contributed by atoms with van der Waals surface area (Å²) in [5, 5.41) is 3.26. The summed E-state index contributed by atoms with van der Waals surface area (Å²) in [7, 11) is 0. The van der Waals surface area contributed by atoms with Crippen molar-refractivity contribution in [3.8, 4) is 0 Å². The number of morpholine rings is 1. The van der Waals surface area contributed by atoms with Crippen molar-refractivity contribution in [2.75, 3.05) is 19.7 Å². The van der Waals surface area contributed by atoms with E-state index in [2.05, 4.69) is 5.32 Å². The Labute approximate surface area is 65.3 Å². The summed E-state index contributed by atoms with van der Waals surface area (Å²) in [6.07, 6.45) is 3.59. The lowest BCUT2D eigenvalue weighted by atomic mass is 10.2. The summed E-state index contributed by atoms with van der Waals surface area (Å²) >= 11 is 0. The van der Waals surface area contributed by atoms with E-state index in [1.165, 1.54) is 0 Å². The zero-order chi connectivity index (χ0) is 7.52. The van der Waals surface area contributed by atoms with Gasteiger partial charge in [-0.05, 0) is 6.07 Å². The maximum Gasteiger partial charge on any atom is 0.0980 e. The molecule has 0 bridgehead atoms. The number of rotatable bonds is 1. The number of nitrogens with one attached hydrogen (secondary N) is 1. The quantitative estimate of drug-likeness (QED) is 0.652. The van der Waals surface area contributed by atoms with Crippen molar-refractivity contribution in [1.82, 2.24) is 5.32 Å². The average Bonchev–Trinajstić information content (AvgIpc) is 2.58. The molecule has 1 atom stereocenters. The Morgan fingerprint density at radius 3 is 3.18 bits per heavy atom. The van der Waals surface area contributed by atoms with E-state index in [-0.39, 0.29) is 6.10 Å². The van der Waals surface area contributed by atoms with Crippen LogP contribution in [0.25, 0.3) is 0 Å². The molecule has 1 saturated heterocycles. The summed E-state index contributed by atoms with van der Waals surface area (Å²) < 4.78 is 10.5. The van der Waals surface area contributed by atoms with Crippen LogP contribution < -0.4 is 5.32 Å². The van der Waals surface area contributed by atoms with Crippen LogP contribution in [-0.4, -0.2) is 19.7 Å². The smallest absolute Gasteiger partial charge is 0.0980 e. The van der Waals surface area contributed by atoms with Crippen molar-refractivity contribution in [3.63, 3.8) is 0 Å². The standard InChI is InChI=1S/C8H11NO2/c1-3-10-6-7(1)8-5-9-2-4-11-8/h1,3,6,8-9H,2,4-5H2/t8-/m0/s1. The lowest BCUT2D eigenvalue weighted by Crippen LogP contribution is -2.33. The molecular weight excluding hydrogens is 142 g/mol. The largest absolute Gasteiger partial charge is 0.472 e. The van der Waals surface area contributed by atoms with Crippen LogP contribution in [0.3, 0.4) is 0 Å². The van der Waals surface area contributed by atoms with Gasteiger partial charge in [0.05, 0.1) is 25.2 Å². The fraction of sp³-hybridized carbons (Fsp3) is 0.500. The van der Waals surface area contributed by atoms with Crippen LogP contribution in [0.1, 0.15) is 11.7 Å². The molecule has 3 nitrogen and oxygen atoms in total. The van der Waals surface area contributed by atoms with E-state index in [1.54, 1.807) is 12.5 Å². The van der Waals surface area contributed by atoms with Crippen LogP contribution in [0.5, 0.6) is 0 Å². The topological polar surface area (TPSA) is 34.4 Å². The van der Waals surface area contributed by atoms with Crippen molar-refractivity contribution >= 4 is 0 Å². The Bertz CT molecular complexity index is 202. The van der Waals surface area contributed by atoms with Crippen molar-refractivity contribution in [2.24, 2.45) is 0 Å². The number of hydrogen-bond acceptors (Lipinski definition) is 3. The van der Waals surface area contributed by atoms with Crippen LogP contribution in [-0.2, 0) is 4.74 Å². The third-order valence-corrected chi connectivity index (χ3v) is 1.84. The molecule has 11 heavy (non-hydrogen) atoms. The van der Waals surface area contributed by atoms with Crippen LogP contribution in [0.2, 0.25) is 0 Å². The van der Waals surface area contributed by atoms with Crippen molar-refractivity contribution in [1.29, 1.82) is 0 Å². The molecule has 0 aliphatic carbocycles. The van der Waals surface area contributed by atoms with Gasteiger partial charge in [-0.2, -0.15) is 0 Å². The van der Waals surface area contributed by atoms with Gasteiger partial charge in [0, 0.05) is 18.7 Å². The fourth-order valence-corrected chi connectivity index (χ4v) is 1.24. The normalized spacial score (nSPS) is 25.3. The first kappa shape index (κ1) is 6.88. The van der Waals surface area contributed by atoms with E-state index in [1.807, 2.05) is 6.07 Å². The minimum atomic E-state index is 0.183. The number of furan rings is 1. The average molecular weight is 153 g/mol. The second kappa shape index (κ2) is 3.07. The molecule has 0 unspecified atom stereocenters. The Morgan fingerprint density at radius 2 is 2.55 bits per heavy atom. The zero-order valence-corrected chi connectivity index (χ0v) is 6.25. The highest BCUT2D eigenvalue weighted by Crippen LogP contribution is 2.18. The van der Waals surface area contributed by atoms with Crippen LogP contribution in [0.4, 0.5) is 0 Å². The second-order valence-electron chi connectivity index (χ2n) is 2.62. The van der Waals surface area contributed by atoms with Crippen LogP contribution in [0.15, 0.2) is 23.0 Å². The van der Waals surface area contributed by atoms with E-state index in [0.29, 0.717) is 0 Å². The minimum absolute atomic E-state index is 0.183. The Hall–Kier alpha value is -0.800. The van der Waals surface area contributed by atoms with Crippen molar-refractivity contribution < 1.29 is 9.15 Å². The van der Waals surface area contributed by atoms with Gasteiger partial charge in [0.15, 0.2) is 0 Å². The summed E-state index contributed by atoms with van der Waals surface area (Å²) in [4.78, 5) is 0. The summed E-state index contributed by atoms with van der Waals surface area (Å²) in [6.45, 7) is 2.63. The predicted octanol–water partition coefficient (Wildman–Crippen LogP) is 0.940. The first-order chi connectivity index (χ1) is 5.47. The molecule has 0 radical (unpaired) electrons. The molecule has 1 aromatic rings. The molecule has 1 aromatic heterocycles. The molecule has 1 aliphatic heterocycles. The highest BCUT2D eigenvalue weighted by molar-refractivity contribution is 5.10. The molecule has 60 valence electrons. The molecule has 1 aliphatic rings. The Balaban J connectivity index is 2.04. The predicted molar refractivity (Wildman–Crippen MR) is 40.3 cm³/mol. The van der Waals surface area contributed by atoms with Crippen molar-refractivity contribution in [3.05, 3.63) is 24.2 Å². The van der Waals surface area contributed by atoms with E-state index in [9.17, 15) is 0 Å². The van der Waals surface area contributed by atoms with Crippen molar-refractivity contribution in [2.45, 2.75) is 6.10 Å². The van der Waals surface area contributed by atoms with Gasteiger partial charge in [0.25, 0.3) is 0 Å². The van der Waals surface area contributed by atoms with E-state index in [4.69, 9.17) is 9.15 Å². The molecule has 0 spiro atoms. The molecule has 1 fully saturated rings. The molecule has 0 aromatic carbocycles. The number of hydrogen-bond donors (Lipinski definition) is 1. The monoisotopic (exact) mass is 153 g/mol. The first-order valence-corrected chi connectivity index (χ1v) is 3.81. The Morgan fingerprint density at radius 1 is 1.55 bits per heavy atom. The van der Waals surface area contributed by atoms with E-state index < -0.39 is 0 Å². The minimum Gasteiger partial charge on any atom is -0.472 e. The molecule has 1 N–H and O–H groups in total. The number of ether oxygens (including phenoxy) is 1. The maximum absolute atomic E-state index is 5.50.